The molecule has 30 heavy (non-hydrogen) atoms. The van der Waals surface area contributed by atoms with Gasteiger partial charge >= 0.3 is 0 Å². The van der Waals surface area contributed by atoms with Gasteiger partial charge in [-0.1, -0.05) is 24.3 Å². The number of hydrogen-bond donors (Lipinski definition) is 2. The lowest BCUT2D eigenvalue weighted by atomic mass is 10.1. The number of thiazole rings is 1. The molecule has 5 nitrogen and oxygen atoms in total. The standard InChI is InChI=1S/C23H16FN3O2S/c24-16-6-4-8-18(14-16)26-23(29)15-5-3-7-17(13-15)25-21(28)11-12-22-27-19-9-1-2-10-20(19)30-22/h1-14H,(H,25,28)(H,26,29). The molecule has 0 aliphatic heterocycles. The van der Waals surface area contributed by atoms with Crippen molar-refractivity contribution in [3.05, 3.63) is 95.3 Å². The molecule has 4 aromatic rings. The normalized spacial score (nSPS) is 11.0. The van der Waals surface area contributed by atoms with Crippen LogP contribution in [-0.2, 0) is 4.79 Å². The number of hydrogen-bond acceptors (Lipinski definition) is 4. The third-order valence-electron chi connectivity index (χ3n) is 4.16. The van der Waals surface area contributed by atoms with Gasteiger partial charge in [0, 0.05) is 23.0 Å². The van der Waals surface area contributed by atoms with E-state index < -0.39 is 11.7 Å². The molecular formula is C23H16FN3O2S. The molecule has 0 saturated heterocycles. The third-order valence-corrected chi connectivity index (χ3v) is 5.16. The van der Waals surface area contributed by atoms with E-state index in [1.807, 2.05) is 24.3 Å². The van der Waals surface area contributed by atoms with Gasteiger partial charge < -0.3 is 10.6 Å². The Hall–Kier alpha value is -3.84. The Labute approximate surface area is 175 Å². The van der Waals surface area contributed by atoms with Crippen LogP contribution in [0.25, 0.3) is 16.3 Å². The van der Waals surface area contributed by atoms with Crippen molar-refractivity contribution in [3.8, 4) is 0 Å². The van der Waals surface area contributed by atoms with Crippen molar-refractivity contribution in [2.45, 2.75) is 0 Å². The van der Waals surface area contributed by atoms with E-state index in [0.717, 1.165) is 15.2 Å². The van der Waals surface area contributed by atoms with Crippen molar-refractivity contribution in [2.24, 2.45) is 0 Å². The van der Waals surface area contributed by atoms with E-state index in [0.29, 0.717) is 16.9 Å². The van der Waals surface area contributed by atoms with Crippen LogP contribution >= 0.6 is 11.3 Å². The van der Waals surface area contributed by atoms with Gasteiger partial charge in [-0.25, -0.2) is 9.37 Å². The number of rotatable bonds is 5. The number of benzene rings is 3. The predicted octanol–water partition coefficient (Wildman–Crippen LogP) is 5.34. The molecule has 4 rings (SSSR count). The van der Waals surface area contributed by atoms with Crippen molar-refractivity contribution < 1.29 is 14.0 Å². The molecule has 0 bridgehead atoms. The topological polar surface area (TPSA) is 71.1 Å². The summed E-state index contributed by atoms with van der Waals surface area (Å²) in [4.78, 5) is 29.1. The second-order valence-electron chi connectivity index (χ2n) is 6.39. The fraction of sp³-hybridized carbons (Fsp3) is 0. The van der Waals surface area contributed by atoms with E-state index in [-0.39, 0.29) is 5.91 Å². The van der Waals surface area contributed by atoms with Crippen molar-refractivity contribution in [1.29, 1.82) is 0 Å². The van der Waals surface area contributed by atoms with Crippen LogP contribution in [0, 0.1) is 5.82 Å². The van der Waals surface area contributed by atoms with Gasteiger partial charge in [0.25, 0.3) is 5.91 Å². The van der Waals surface area contributed by atoms with Crippen LogP contribution in [0.15, 0.2) is 78.9 Å². The van der Waals surface area contributed by atoms with Crippen molar-refractivity contribution in [3.63, 3.8) is 0 Å². The summed E-state index contributed by atoms with van der Waals surface area (Å²) in [6.07, 6.45) is 3.05. The molecule has 1 heterocycles. The van der Waals surface area contributed by atoms with E-state index in [1.165, 1.54) is 35.6 Å². The maximum atomic E-state index is 13.3. The number of nitrogens with one attached hydrogen (secondary N) is 2. The molecule has 0 aliphatic carbocycles. The van der Waals surface area contributed by atoms with Gasteiger partial charge in [-0.05, 0) is 54.6 Å². The Morgan fingerprint density at radius 3 is 2.47 bits per heavy atom. The number of para-hydroxylation sites is 1. The van der Waals surface area contributed by atoms with Crippen LogP contribution in [0.4, 0.5) is 15.8 Å². The monoisotopic (exact) mass is 417 g/mol. The van der Waals surface area contributed by atoms with Crippen LogP contribution in [0.5, 0.6) is 0 Å². The highest BCUT2D eigenvalue weighted by atomic mass is 32.1. The number of nitrogens with zero attached hydrogens (tertiary/aromatic N) is 1. The molecule has 7 heteroatoms. The summed E-state index contributed by atoms with van der Waals surface area (Å²) in [6.45, 7) is 0. The van der Waals surface area contributed by atoms with E-state index in [4.69, 9.17) is 0 Å². The maximum absolute atomic E-state index is 13.3. The molecule has 148 valence electrons. The summed E-state index contributed by atoms with van der Waals surface area (Å²) < 4.78 is 14.3. The van der Waals surface area contributed by atoms with E-state index in [2.05, 4.69) is 15.6 Å². The number of fused-ring (bicyclic) bond motifs is 1. The van der Waals surface area contributed by atoms with Crippen LogP contribution in [-0.4, -0.2) is 16.8 Å². The summed E-state index contributed by atoms with van der Waals surface area (Å²) in [6, 6.07) is 19.9. The minimum atomic E-state index is -0.436. The first-order valence-electron chi connectivity index (χ1n) is 9.08. The highest BCUT2D eigenvalue weighted by molar-refractivity contribution is 7.19. The highest BCUT2D eigenvalue weighted by Gasteiger charge is 2.08. The number of anilines is 2. The second kappa shape index (κ2) is 8.67. The van der Waals surface area contributed by atoms with Crippen molar-refractivity contribution >= 4 is 50.8 Å². The smallest absolute Gasteiger partial charge is 0.255 e. The fourth-order valence-corrected chi connectivity index (χ4v) is 3.67. The number of amides is 2. The highest BCUT2D eigenvalue weighted by Crippen LogP contribution is 2.22. The summed E-state index contributed by atoms with van der Waals surface area (Å²) in [5.41, 5.74) is 2.06. The average Bonchev–Trinajstić information content (AvgIpc) is 3.15. The van der Waals surface area contributed by atoms with Crippen molar-refractivity contribution in [2.75, 3.05) is 10.6 Å². The van der Waals surface area contributed by atoms with Crippen LogP contribution < -0.4 is 10.6 Å². The van der Waals surface area contributed by atoms with Crippen LogP contribution in [0.3, 0.4) is 0 Å². The minimum absolute atomic E-state index is 0.336. The first kappa shape index (κ1) is 19.5. The van der Waals surface area contributed by atoms with E-state index in [1.54, 1.807) is 36.4 Å². The molecule has 0 aliphatic rings. The van der Waals surface area contributed by atoms with Crippen LogP contribution in [0.2, 0.25) is 0 Å². The Bertz CT molecular complexity index is 1230. The second-order valence-corrected chi connectivity index (χ2v) is 7.45. The Balaban J connectivity index is 1.41. The zero-order valence-corrected chi connectivity index (χ0v) is 16.4. The zero-order chi connectivity index (χ0) is 20.9. The van der Waals surface area contributed by atoms with Gasteiger partial charge in [-0.3, -0.25) is 9.59 Å². The van der Waals surface area contributed by atoms with Gasteiger partial charge in [0.2, 0.25) is 5.91 Å². The molecule has 0 spiro atoms. The first-order chi connectivity index (χ1) is 14.6. The summed E-state index contributed by atoms with van der Waals surface area (Å²) in [5.74, 6) is -1.17. The first-order valence-corrected chi connectivity index (χ1v) is 9.90. The molecule has 1 aromatic heterocycles. The third kappa shape index (κ3) is 4.76. The van der Waals surface area contributed by atoms with Gasteiger partial charge in [0.15, 0.2) is 0 Å². The van der Waals surface area contributed by atoms with Gasteiger partial charge in [-0.2, -0.15) is 0 Å². The quantitative estimate of drug-likeness (QED) is 0.431. The summed E-state index contributed by atoms with van der Waals surface area (Å²) >= 11 is 1.50. The minimum Gasteiger partial charge on any atom is -0.322 e. The van der Waals surface area contributed by atoms with E-state index in [9.17, 15) is 14.0 Å². The van der Waals surface area contributed by atoms with Crippen molar-refractivity contribution in [1.82, 2.24) is 4.98 Å². The fourth-order valence-electron chi connectivity index (χ4n) is 2.80. The molecule has 2 N–H and O–H groups in total. The summed E-state index contributed by atoms with van der Waals surface area (Å²) in [7, 11) is 0. The maximum Gasteiger partial charge on any atom is 0.255 e. The molecule has 0 radical (unpaired) electrons. The molecule has 0 unspecified atom stereocenters. The molecule has 0 fully saturated rings. The Morgan fingerprint density at radius 1 is 0.900 bits per heavy atom. The number of carbonyl (C=O) groups excluding carboxylic acids is 2. The lowest BCUT2D eigenvalue weighted by Gasteiger charge is -2.07. The molecular weight excluding hydrogens is 401 g/mol. The molecule has 2 amide bonds. The average molecular weight is 417 g/mol. The Morgan fingerprint density at radius 2 is 1.67 bits per heavy atom. The summed E-state index contributed by atoms with van der Waals surface area (Å²) in [5, 5.41) is 6.08. The van der Waals surface area contributed by atoms with E-state index >= 15 is 0 Å². The molecule has 0 atom stereocenters. The zero-order valence-electron chi connectivity index (χ0n) is 15.6. The predicted molar refractivity (Wildman–Crippen MR) is 118 cm³/mol. The van der Waals surface area contributed by atoms with Crippen LogP contribution in [0.1, 0.15) is 15.4 Å². The lowest BCUT2D eigenvalue weighted by molar-refractivity contribution is -0.111. The molecule has 0 saturated carbocycles. The number of aromatic nitrogens is 1. The number of halogens is 1. The SMILES string of the molecule is O=C(C=Cc1nc2ccccc2s1)Nc1cccc(C(=O)Nc2cccc(F)c2)c1. The van der Waals surface area contributed by atoms with Gasteiger partial charge in [0.05, 0.1) is 10.2 Å². The lowest BCUT2D eigenvalue weighted by Crippen LogP contribution is -2.13. The Kier molecular flexibility index (Phi) is 5.63. The van der Waals surface area contributed by atoms with Gasteiger partial charge in [-0.15, -0.1) is 11.3 Å². The molecule has 3 aromatic carbocycles. The largest absolute Gasteiger partial charge is 0.322 e. The number of carbonyl (C=O) groups is 2. The van der Waals surface area contributed by atoms with Gasteiger partial charge in [0.1, 0.15) is 10.8 Å².